The lowest BCUT2D eigenvalue weighted by atomic mass is 10.3. The van der Waals surface area contributed by atoms with Crippen LogP contribution in [0.25, 0.3) is 0 Å². The van der Waals surface area contributed by atoms with Gasteiger partial charge in [0.25, 0.3) is 0 Å². The van der Waals surface area contributed by atoms with E-state index in [1.807, 2.05) is 40.6 Å². The molecule has 41 heteroatoms. The molecule has 38 nitrogen and oxygen atoms in total. The molecule has 2 heterocycles. The van der Waals surface area contributed by atoms with Gasteiger partial charge in [-0.2, -0.15) is 35.3 Å². The minimum Gasteiger partial charge on any atom is -0.383 e. The number of nitrogens with one attached hydrogen (secondary N) is 7. The third kappa shape index (κ3) is 164. The molecule has 2 aliphatic heterocycles. The second-order valence-corrected chi connectivity index (χ2v) is 34.6. The first-order valence-corrected chi connectivity index (χ1v) is 46.5. The molecule has 2 saturated heterocycles. The Labute approximate surface area is 760 Å². The smallest absolute Gasteiger partial charge is 0.240 e. The standard InChI is InChI=1S/C11H27N3.C10H25N3.2C8H20N2O.C8H20N2S.C7H17NO2.C7H17NS2.C5H13N3.C5H12N2.3C4H9N3O2/c1-12(2)8-6-10-14(5)11-7-9-13(3)4;1-11(2)7-6-8-13(5)10-9-12(3)4;1-9(2)5-7-11-8-6-10(3)4;1-9(2)5-6-10(3)7-8-11-4;1-9(2)5-7-11-8-6-10(3)4;2*1-8(4-6-9-2)5-7-10-3;1-8-4-6-2-3-7-5-8;1-2-6-4-5-7-3-1;5-1-4(9)7-2-3(6)8;5-3(8)1-7-2-4(6)9;5-1-3(8)7-4(9)2-6/h6-11H2,1-5H3;6-10H2,1-5H3;3*5-8H2,1-4H3;2*4-7H2,1-3H3;6-7H,2-5H2,1H3;6-7H,1-5H2;1-2,5H2,(H2,6,8)(H,7,9);7H,1-2H2,(H2,5,8)(H2,6,9);1-2,5-6H2,(H,7,8,9). The summed E-state index contributed by atoms with van der Waals surface area (Å²) in [5.41, 5.74) is 28.8. The Morgan fingerprint density at radius 2 is 0.623 bits per heavy atom. The highest BCUT2D eigenvalue weighted by Crippen LogP contribution is 2.00. The number of methoxy groups -OCH3 is 3. The van der Waals surface area contributed by atoms with Crippen LogP contribution in [0.5, 0.6) is 0 Å². The summed E-state index contributed by atoms with van der Waals surface area (Å²) in [6.07, 6.45) is 9.39. The van der Waals surface area contributed by atoms with Gasteiger partial charge in [0.1, 0.15) is 0 Å². The number of amides is 6. The molecule has 2 rings (SSSR count). The minimum absolute atomic E-state index is 0.0110. The van der Waals surface area contributed by atoms with Crippen LogP contribution in [0.15, 0.2) is 0 Å². The lowest BCUT2D eigenvalue weighted by Gasteiger charge is -2.20. The molecule has 0 aromatic rings. The van der Waals surface area contributed by atoms with Gasteiger partial charge < -0.3 is 149 Å². The van der Waals surface area contributed by atoms with Crippen molar-refractivity contribution in [2.75, 3.05) is 475 Å². The van der Waals surface area contributed by atoms with Gasteiger partial charge in [0, 0.05) is 169 Å². The zero-order chi connectivity index (χ0) is 95.6. The van der Waals surface area contributed by atoms with Crippen LogP contribution in [-0.4, -0.2) is 584 Å². The molecule has 0 unspecified atom stereocenters. The van der Waals surface area contributed by atoms with Crippen molar-refractivity contribution in [2.24, 2.45) is 34.4 Å². The van der Waals surface area contributed by atoms with E-state index in [1.165, 1.54) is 134 Å². The highest BCUT2D eigenvalue weighted by molar-refractivity contribution is 7.99. The van der Waals surface area contributed by atoms with Crippen LogP contribution in [0.4, 0.5) is 0 Å². The fourth-order valence-corrected chi connectivity index (χ4v) is 10.2. The van der Waals surface area contributed by atoms with E-state index < -0.39 is 29.5 Å². The van der Waals surface area contributed by atoms with Crippen LogP contribution < -0.4 is 71.6 Å². The highest BCUT2D eigenvalue weighted by atomic mass is 32.2. The summed E-state index contributed by atoms with van der Waals surface area (Å²) in [6, 6.07) is 0. The largest absolute Gasteiger partial charge is 0.383 e. The van der Waals surface area contributed by atoms with E-state index in [-0.39, 0.29) is 45.2 Å². The summed E-state index contributed by atoms with van der Waals surface area (Å²) in [7, 11) is 55.9. The number of thioether (sulfide) groups is 3. The summed E-state index contributed by atoms with van der Waals surface area (Å²) in [5.74, 6) is 2.03. The van der Waals surface area contributed by atoms with Gasteiger partial charge in [-0.05, 0) is 260 Å². The van der Waals surface area contributed by atoms with Crippen molar-refractivity contribution in [1.29, 1.82) is 0 Å². The summed E-state index contributed by atoms with van der Waals surface area (Å²) in [6.45, 7) is 33.8. The van der Waals surface area contributed by atoms with Crippen molar-refractivity contribution in [2.45, 2.75) is 25.7 Å². The second kappa shape index (κ2) is 112. The zero-order valence-electron chi connectivity index (χ0n) is 83.5. The van der Waals surface area contributed by atoms with Crippen LogP contribution in [0.3, 0.4) is 0 Å². The summed E-state index contributed by atoms with van der Waals surface area (Å²) >= 11 is 5.86. The van der Waals surface area contributed by atoms with Crippen LogP contribution in [-0.2, 0) is 47.7 Å². The van der Waals surface area contributed by atoms with E-state index in [2.05, 4.69) is 287 Å². The monoisotopic (exact) mass is 1820 g/mol. The van der Waals surface area contributed by atoms with Crippen molar-refractivity contribution >= 4 is 70.7 Å². The predicted octanol–water partition coefficient (Wildman–Crippen LogP) is -4.56. The normalized spacial score (nSPS) is 12.5. The molecule has 0 bridgehead atoms. The number of rotatable bonds is 54. The van der Waals surface area contributed by atoms with Crippen LogP contribution >= 0.6 is 35.3 Å². The van der Waals surface area contributed by atoms with E-state index >= 15 is 0 Å². The average Bonchev–Trinajstić information content (AvgIpc) is 1.84. The lowest BCUT2D eigenvalue weighted by molar-refractivity contribution is -0.129. The number of hydrogen-bond acceptors (Lipinski definition) is 36. The molecule has 0 aromatic heterocycles. The molecule has 6 amide bonds. The Hall–Kier alpha value is -3.01. The van der Waals surface area contributed by atoms with Gasteiger partial charge in [0.2, 0.25) is 35.4 Å². The molecule has 0 aromatic carbocycles. The maximum absolute atomic E-state index is 10.3. The number of carbonyl (C=O) groups excluding carboxylic acids is 6. The molecule has 0 aliphatic carbocycles. The number of imide groups is 1. The number of primary amides is 3. The van der Waals surface area contributed by atoms with Crippen LogP contribution in [0, 0.1) is 0 Å². The Kier molecular flexibility index (Phi) is 128. The van der Waals surface area contributed by atoms with Gasteiger partial charge in [0.15, 0.2) is 0 Å². The Morgan fingerprint density at radius 3 is 0.910 bits per heavy atom. The first kappa shape index (κ1) is 139. The predicted molar refractivity (Wildman–Crippen MR) is 526 cm³/mol. The SMILES string of the molecule is C1CNCCNC1.CN(C)CCCN(C)CCCN(C)C.CN(C)CCCN(C)CCN(C)C.CN(C)CCOCCN(C)C.CN(C)CCSCCN(C)C.CN1CNCCNC1.COCCN(C)CCN(C)C.COCCN(C)CCOC.CSCCN(C)CCSC.NC(=O)CNCC(N)=O.NCC(=O)NC(=O)CN.NCC(=O)NCC(N)=O. The van der Waals surface area contributed by atoms with Gasteiger partial charge in [-0.1, -0.05) is 0 Å². The second-order valence-electron chi connectivity index (χ2n) is 31.4. The fraction of sp³-hybridized carbons (Fsp3) is 0.926. The first-order chi connectivity index (χ1) is 57.5. The zero-order valence-corrected chi connectivity index (χ0v) is 86.0. The number of nitrogens with zero attached hydrogens (tertiary/aromatic N) is 15. The minimum atomic E-state index is -0.572. The Bertz CT molecular complexity index is 1990. The van der Waals surface area contributed by atoms with Gasteiger partial charge in [-0.15, -0.1) is 0 Å². The maximum Gasteiger partial charge on any atom is 0.240 e. The number of ether oxygens (including phenoxy) is 4. The van der Waals surface area contributed by atoms with E-state index in [0.29, 0.717) is 0 Å². The van der Waals surface area contributed by atoms with Crippen molar-refractivity contribution in [3.05, 3.63) is 0 Å². The van der Waals surface area contributed by atoms with E-state index in [1.54, 1.807) is 21.3 Å². The lowest BCUT2D eigenvalue weighted by Crippen LogP contribution is -2.38. The van der Waals surface area contributed by atoms with E-state index in [0.717, 1.165) is 125 Å². The maximum atomic E-state index is 10.3. The van der Waals surface area contributed by atoms with Crippen molar-refractivity contribution in [3.8, 4) is 0 Å². The first-order valence-electron chi connectivity index (χ1n) is 42.6. The van der Waals surface area contributed by atoms with Gasteiger partial charge >= 0.3 is 0 Å². The highest BCUT2D eigenvalue weighted by Gasteiger charge is 2.06. The molecule has 122 heavy (non-hydrogen) atoms. The van der Waals surface area contributed by atoms with Crippen molar-refractivity contribution < 1.29 is 47.7 Å². The quantitative estimate of drug-likeness (QED) is 0.0255. The number of carbonyl (C=O) groups is 6. The molecule has 2 fully saturated rings. The fourth-order valence-electron chi connectivity index (χ4n) is 8.06. The number of nitrogens with two attached hydrogens (primary N) is 6. The van der Waals surface area contributed by atoms with Gasteiger partial charge in [-0.3, -0.25) is 44.3 Å². The molecule has 0 saturated carbocycles. The molecular weight excluding hydrogens is 1620 g/mol. The average molecular weight is 1820 g/mol. The van der Waals surface area contributed by atoms with Crippen LogP contribution in [0.1, 0.15) is 25.7 Å². The number of hydrogen-bond donors (Lipinski definition) is 13. The van der Waals surface area contributed by atoms with Gasteiger partial charge in [0.05, 0.1) is 72.3 Å². The molecule has 740 valence electrons. The van der Waals surface area contributed by atoms with Crippen LogP contribution in [0.2, 0.25) is 0 Å². The third-order valence-electron chi connectivity index (χ3n) is 15.7. The van der Waals surface area contributed by atoms with E-state index in [9.17, 15) is 28.8 Å². The molecule has 19 N–H and O–H groups in total. The van der Waals surface area contributed by atoms with E-state index in [4.69, 9.17) is 53.3 Å². The van der Waals surface area contributed by atoms with Gasteiger partial charge in [-0.25, -0.2) is 0 Å². The summed E-state index contributed by atoms with van der Waals surface area (Å²) in [5, 5.41) is 19.7. The van der Waals surface area contributed by atoms with Crippen molar-refractivity contribution in [1.82, 2.24) is 111 Å². The number of likely N-dealkylation sites (N-methyl/N-ethyl adjacent to an activating group) is 7. The summed E-state index contributed by atoms with van der Waals surface area (Å²) in [4.78, 5) is 94.4. The molecule has 0 spiro atoms. The summed E-state index contributed by atoms with van der Waals surface area (Å²) < 4.78 is 20.2. The Morgan fingerprint density at radius 1 is 0.336 bits per heavy atom. The molecule has 0 atom stereocenters. The molecule has 0 radical (unpaired) electrons. The van der Waals surface area contributed by atoms with Crippen molar-refractivity contribution in [3.63, 3.8) is 0 Å². The third-order valence-corrected chi connectivity index (χ3v) is 17.9. The topological polar surface area (TPSA) is 428 Å². The molecular formula is C81H198N28O10S3. The molecule has 2 aliphatic rings. The Balaban J connectivity index is -0.000000141.